The molecule has 1 heterocycles. The Hall–Kier alpha value is -1.93. The van der Waals surface area contributed by atoms with Gasteiger partial charge in [0.05, 0.1) is 10.8 Å². The van der Waals surface area contributed by atoms with E-state index in [0.717, 1.165) is 5.56 Å². The van der Waals surface area contributed by atoms with Crippen molar-refractivity contribution in [1.29, 1.82) is 0 Å². The zero-order valence-electron chi connectivity index (χ0n) is 17.2. The molecule has 0 saturated carbocycles. The summed E-state index contributed by atoms with van der Waals surface area (Å²) >= 11 is 19.6. The van der Waals surface area contributed by atoms with Crippen LogP contribution in [0.5, 0.6) is 5.75 Å². The molecular formula is C21H21Cl3N4O2S. The Morgan fingerprint density at radius 1 is 1.19 bits per heavy atom. The third-order valence-electron chi connectivity index (χ3n) is 4.50. The number of ether oxygens (including phenoxy) is 1. The van der Waals surface area contributed by atoms with Gasteiger partial charge in [-0.05, 0) is 50.6 Å². The van der Waals surface area contributed by atoms with Gasteiger partial charge in [0.1, 0.15) is 5.75 Å². The molecule has 0 aliphatic carbocycles. The Balaban J connectivity index is 1.67. The number of rotatable bonds is 8. The lowest BCUT2D eigenvalue weighted by Gasteiger charge is -2.16. The zero-order chi connectivity index (χ0) is 22.5. The van der Waals surface area contributed by atoms with Gasteiger partial charge in [-0.1, -0.05) is 52.6 Å². The Labute approximate surface area is 200 Å². The minimum Gasteiger partial charge on any atom is -0.481 e. The predicted octanol–water partition coefficient (Wildman–Crippen LogP) is 6.44. The molecule has 0 saturated heterocycles. The van der Waals surface area contributed by atoms with E-state index in [2.05, 4.69) is 15.5 Å². The van der Waals surface area contributed by atoms with Crippen LogP contribution in [0.4, 0.5) is 5.69 Å². The van der Waals surface area contributed by atoms with Crippen LogP contribution in [0, 0.1) is 6.92 Å². The second-order valence-corrected chi connectivity index (χ2v) is 8.86. The number of thioether (sulfide) groups is 1. The number of nitrogens with zero attached hydrogens (tertiary/aromatic N) is 3. The Bertz CT molecular complexity index is 1090. The molecule has 0 aliphatic rings. The maximum Gasteiger partial charge on any atom is 0.234 e. The molecular weight excluding hydrogens is 479 g/mol. The minimum absolute atomic E-state index is 0.155. The fraction of sp³-hybridized carbons (Fsp3) is 0.286. The molecule has 1 N–H and O–H groups in total. The topological polar surface area (TPSA) is 69.0 Å². The number of anilines is 1. The van der Waals surface area contributed by atoms with Crippen molar-refractivity contribution in [2.75, 3.05) is 11.1 Å². The van der Waals surface area contributed by atoms with Crippen LogP contribution in [0.2, 0.25) is 15.1 Å². The predicted molar refractivity (Wildman–Crippen MR) is 127 cm³/mol. The van der Waals surface area contributed by atoms with Crippen molar-refractivity contribution in [2.24, 2.45) is 0 Å². The molecule has 0 aliphatic heterocycles. The summed E-state index contributed by atoms with van der Waals surface area (Å²) < 4.78 is 7.86. The summed E-state index contributed by atoms with van der Waals surface area (Å²) in [4.78, 5) is 12.4. The van der Waals surface area contributed by atoms with Crippen molar-refractivity contribution in [2.45, 2.75) is 38.6 Å². The molecule has 0 fully saturated rings. The van der Waals surface area contributed by atoms with Crippen molar-refractivity contribution in [3.63, 3.8) is 0 Å². The fourth-order valence-corrected chi connectivity index (χ4v) is 4.18. The zero-order valence-corrected chi connectivity index (χ0v) is 20.2. The van der Waals surface area contributed by atoms with E-state index in [0.29, 0.717) is 44.0 Å². The molecule has 0 spiro atoms. The van der Waals surface area contributed by atoms with Crippen LogP contribution in [0.25, 0.3) is 0 Å². The van der Waals surface area contributed by atoms with Crippen LogP contribution in [-0.4, -0.2) is 26.4 Å². The number of hydrogen-bond donors (Lipinski definition) is 1. The molecule has 1 unspecified atom stereocenters. The van der Waals surface area contributed by atoms with E-state index >= 15 is 0 Å². The highest BCUT2D eigenvalue weighted by Crippen LogP contribution is 2.32. The van der Waals surface area contributed by atoms with E-state index in [1.807, 2.05) is 31.4 Å². The Morgan fingerprint density at radius 3 is 2.71 bits per heavy atom. The SMILES string of the molecule is CCn1c(SCC(=O)Nc2cccc(Cl)c2C)nnc1C(C)Oc1cc(Cl)ccc1Cl. The number of carbonyl (C=O) groups is 1. The number of amides is 1. The fourth-order valence-electron chi connectivity index (χ4n) is 2.87. The second-order valence-electron chi connectivity index (χ2n) is 6.67. The molecule has 0 radical (unpaired) electrons. The quantitative estimate of drug-likeness (QED) is 0.361. The summed E-state index contributed by atoms with van der Waals surface area (Å²) in [6.07, 6.45) is -0.416. The molecule has 31 heavy (non-hydrogen) atoms. The van der Waals surface area contributed by atoms with Crippen LogP contribution >= 0.6 is 46.6 Å². The van der Waals surface area contributed by atoms with Crippen molar-refractivity contribution in [3.8, 4) is 5.75 Å². The molecule has 10 heteroatoms. The number of aromatic nitrogens is 3. The monoisotopic (exact) mass is 498 g/mol. The third kappa shape index (κ3) is 5.86. The first-order chi connectivity index (χ1) is 14.8. The van der Waals surface area contributed by atoms with Gasteiger partial charge < -0.3 is 14.6 Å². The minimum atomic E-state index is -0.416. The average molecular weight is 500 g/mol. The summed E-state index contributed by atoms with van der Waals surface area (Å²) in [7, 11) is 0. The van der Waals surface area contributed by atoms with Gasteiger partial charge in [-0.2, -0.15) is 0 Å². The van der Waals surface area contributed by atoms with E-state index in [1.54, 1.807) is 30.3 Å². The Morgan fingerprint density at radius 2 is 1.97 bits per heavy atom. The van der Waals surface area contributed by atoms with Gasteiger partial charge in [-0.15, -0.1) is 10.2 Å². The number of benzene rings is 2. The molecule has 6 nitrogen and oxygen atoms in total. The van der Waals surface area contributed by atoms with E-state index in [9.17, 15) is 4.79 Å². The summed E-state index contributed by atoms with van der Waals surface area (Å²) in [6, 6.07) is 10.4. The molecule has 1 atom stereocenters. The molecule has 0 bridgehead atoms. The van der Waals surface area contributed by atoms with Crippen molar-refractivity contribution < 1.29 is 9.53 Å². The standard InChI is InChI=1S/C21H21Cl3N4O2S/c1-4-28-20(13(3)30-18-10-14(22)8-9-16(18)24)26-27-21(28)31-11-19(29)25-17-7-5-6-15(23)12(17)2/h5-10,13H,4,11H2,1-3H3,(H,25,29). The molecule has 1 aromatic heterocycles. The number of hydrogen-bond acceptors (Lipinski definition) is 5. The smallest absolute Gasteiger partial charge is 0.234 e. The van der Waals surface area contributed by atoms with Crippen molar-refractivity contribution in [1.82, 2.24) is 14.8 Å². The van der Waals surface area contributed by atoms with E-state index in [-0.39, 0.29) is 11.7 Å². The van der Waals surface area contributed by atoms with Crippen LogP contribution in [-0.2, 0) is 11.3 Å². The van der Waals surface area contributed by atoms with E-state index < -0.39 is 6.10 Å². The summed E-state index contributed by atoms with van der Waals surface area (Å²) in [5.74, 6) is 1.13. The van der Waals surface area contributed by atoms with Gasteiger partial charge in [-0.3, -0.25) is 4.79 Å². The summed E-state index contributed by atoms with van der Waals surface area (Å²) in [6.45, 7) is 6.32. The molecule has 1 amide bonds. The molecule has 3 rings (SSSR count). The summed E-state index contributed by atoms with van der Waals surface area (Å²) in [5.41, 5.74) is 1.52. The van der Waals surface area contributed by atoms with Crippen LogP contribution in [0.15, 0.2) is 41.6 Å². The normalized spacial score (nSPS) is 11.9. The maximum absolute atomic E-state index is 12.4. The van der Waals surface area contributed by atoms with Crippen molar-refractivity contribution in [3.05, 3.63) is 62.9 Å². The average Bonchev–Trinajstić information content (AvgIpc) is 3.15. The van der Waals surface area contributed by atoms with Crippen LogP contribution < -0.4 is 10.1 Å². The van der Waals surface area contributed by atoms with E-state index in [1.165, 1.54) is 11.8 Å². The first-order valence-electron chi connectivity index (χ1n) is 9.52. The summed E-state index contributed by atoms with van der Waals surface area (Å²) in [5, 5.41) is 13.6. The van der Waals surface area contributed by atoms with Gasteiger partial charge in [-0.25, -0.2) is 0 Å². The van der Waals surface area contributed by atoms with Crippen LogP contribution in [0.1, 0.15) is 31.3 Å². The van der Waals surface area contributed by atoms with Crippen LogP contribution in [0.3, 0.4) is 0 Å². The van der Waals surface area contributed by atoms with Gasteiger partial charge in [0.25, 0.3) is 0 Å². The van der Waals surface area contributed by atoms with E-state index in [4.69, 9.17) is 39.5 Å². The van der Waals surface area contributed by atoms with Crippen molar-refractivity contribution >= 4 is 58.2 Å². The van der Waals surface area contributed by atoms with Gasteiger partial charge >= 0.3 is 0 Å². The third-order valence-corrected chi connectivity index (χ3v) is 6.42. The largest absolute Gasteiger partial charge is 0.481 e. The highest BCUT2D eigenvalue weighted by Gasteiger charge is 2.20. The molecule has 3 aromatic rings. The number of nitrogens with one attached hydrogen (secondary N) is 1. The number of carbonyl (C=O) groups excluding carboxylic acids is 1. The lowest BCUT2D eigenvalue weighted by atomic mass is 10.2. The Kier molecular flexibility index (Phi) is 8.11. The lowest BCUT2D eigenvalue weighted by Crippen LogP contribution is -2.16. The number of halogens is 3. The first kappa shape index (κ1) is 23.7. The van der Waals surface area contributed by atoms with Gasteiger partial charge in [0, 0.05) is 28.3 Å². The maximum atomic E-state index is 12.4. The van der Waals surface area contributed by atoms with Gasteiger partial charge in [0.2, 0.25) is 5.91 Å². The molecule has 2 aromatic carbocycles. The first-order valence-corrected chi connectivity index (χ1v) is 11.6. The highest BCUT2D eigenvalue weighted by molar-refractivity contribution is 7.99. The van der Waals surface area contributed by atoms with Gasteiger partial charge in [0.15, 0.2) is 17.1 Å². The highest BCUT2D eigenvalue weighted by atomic mass is 35.5. The second kappa shape index (κ2) is 10.6. The lowest BCUT2D eigenvalue weighted by molar-refractivity contribution is -0.113. The molecule has 164 valence electrons.